The molecular weight excluding hydrogens is 276 g/mol. The molecule has 0 aromatic carbocycles. The first-order valence-corrected chi connectivity index (χ1v) is 8.41. The molecule has 0 unspecified atom stereocenters. The first-order valence-electron chi connectivity index (χ1n) is 8.41. The Labute approximate surface area is 132 Å². The smallest absolute Gasteiger partial charge is 0.234 e. The summed E-state index contributed by atoms with van der Waals surface area (Å²) in [5, 5.41) is 6.41. The molecule has 3 rings (SSSR count). The van der Waals surface area contributed by atoms with E-state index < -0.39 is 0 Å². The van der Waals surface area contributed by atoms with E-state index in [1.54, 1.807) is 0 Å². The molecule has 1 amide bonds. The molecule has 0 atom stereocenters. The number of likely N-dealkylation sites (tertiary alicyclic amines) is 1. The normalized spacial score (nSPS) is 20.0. The number of amides is 1. The summed E-state index contributed by atoms with van der Waals surface area (Å²) >= 11 is 0. The maximum Gasteiger partial charge on any atom is 0.234 e. The zero-order valence-electron chi connectivity index (χ0n) is 13.1. The molecule has 0 spiro atoms. The number of rotatable bonds is 7. The van der Waals surface area contributed by atoms with Gasteiger partial charge in [0, 0.05) is 38.1 Å². The fourth-order valence-electron chi connectivity index (χ4n) is 2.97. The Balaban J connectivity index is 1.31. The lowest BCUT2D eigenvalue weighted by molar-refractivity contribution is -0.121. The highest BCUT2D eigenvalue weighted by Gasteiger charge is 2.22. The lowest BCUT2D eigenvalue weighted by atomic mass is 10.0. The van der Waals surface area contributed by atoms with Crippen molar-refractivity contribution in [3.05, 3.63) is 30.1 Å². The van der Waals surface area contributed by atoms with Crippen LogP contribution < -0.4 is 10.6 Å². The third kappa shape index (κ3) is 5.07. The van der Waals surface area contributed by atoms with Crippen molar-refractivity contribution in [3.8, 4) is 0 Å². The molecule has 1 saturated carbocycles. The van der Waals surface area contributed by atoms with Gasteiger partial charge in [-0.3, -0.25) is 14.7 Å². The van der Waals surface area contributed by atoms with Crippen LogP contribution in [0.15, 0.2) is 24.5 Å². The topological polar surface area (TPSA) is 57.3 Å². The summed E-state index contributed by atoms with van der Waals surface area (Å²) in [5.74, 6) is 0.970. The molecule has 5 nitrogen and oxygen atoms in total. The molecule has 0 radical (unpaired) electrons. The number of hydrogen-bond acceptors (Lipinski definition) is 4. The second kappa shape index (κ2) is 7.70. The first-order chi connectivity index (χ1) is 10.8. The maximum absolute atomic E-state index is 11.9. The summed E-state index contributed by atoms with van der Waals surface area (Å²) in [4.78, 5) is 18.4. The first kappa shape index (κ1) is 15.4. The van der Waals surface area contributed by atoms with E-state index in [9.17, 15) is 4.79 Å². The Morgan fingerprint density at radius 3 is 2.59 bits per heavy atom. The van der Waals surface area contributed by atoms with Crippen molar-refractivity contribution in [1.29, 1.82) is 0 Å². The van der Waals surface area contributed by atoms with Gasteiger partial charge in [0.25, 0.3) is 0 Å². The van der Waals surface area contributed by atoms with Gasteiger partial charge in [-0.15, -0.1) is 0 Å². The van der Waals surface area contributed by atoms with E-state index in [0.717, 1.165) is 44.9 Å². The molecule has 2 fully saturated rings. The number of pyridine rings is 1. The predicted octanol–water partition coefficient (Wildman–Crippen LogP) is 1.16. The molecule has 1 aliphatic carbocycles. The standard InChI is InChI=1S/C17H26N4O/c22-17(12-19-11-14-1-2-14)20-16-5-9-21(10-6-16)13-15-3-7-18-8-4-15/h3-4,7-8,14,16,19H,1-2,5-6,9-13H2,(H,20,22). The van der Waals surface area contributed by atoms with Gasteiger partial charge in [0.15, 0.2) is 0 Å². The number of nitrogens with zero attached hydrogens (tertiary/aromatic N) is 2. The van der Waals surface area contributed by atoms with Gasteiger partial charge < -0.3 is 10.6 Å². The number of hydrogen-bond donors (Lipinski definition) is 2. The zero-order valence-corrected chi connectivity index (χ0v) is 13.1. The highest BCUT2D eigenvalue weighted by atomic mass is 16.1. The maximum atomic E-state index is 11.9. The molecular formula is C17H26N4O. The van der Waals surface area contributed by atoms with Gasteiger partial charge in [-0.25, -0.2) is 0 Å². The van der Waals surface area contributed by atoms with E-state index >= 15 is 0 Å². The second-order valence-corrected chi connectivity index (χ2v) is 6.55. The van der Waals surface area contributed by atoms with E-state index in [-0.39, 0.29) is 5.91 Å². The molecule has 2 aliphatic rings. The van der Waals surface area contributed by atoms with Crippen LogP contribution in [0.2, 0.25) is 0 Å². The fourth-order valence-corrected chi connectivity index (χ4v) is 2.97. The third-order valence-corrected chi connectivity index (χ3v) is 4.52. The van der Waals surface area contributed by atoms with Crippen LogP contribution in [0.1, 0.15) is 31.2 Å². The quantitative estimate of drug-likeness (QED) is 0.794. The van der Waals surface area contributed by atoms with Crippen LogP contribution >= 0.6 is 0 Å². The number of nitrogens with one attached hydrogen (secondary N) is 2. The Hall–Kier alpha value is -1.46. The summed E-state index contributed by atoms with van der Waals surface area (Å²) in [6, 6.07) is 4.47. The SMILES string of the molecule is O=C(CNCC1CC1)NC1CCN(Cc2ccncc2)CC1. The lowest BCUT2D eigenvalue weighted by Crippen LogP contribution is -2.46. The van der Waals surface area contributed by atoms with E-state index in [1.165, 1.54) is 18.4 Å². The molecule has 5 heteroatoms. The van der Waals surface area contributed by atoms with Gasteiger partial charge in [0.1, 0.15) is 0 Å². The van der Waals surface area contributed by atoms with Gasteiger partial charge in [0.2, 0.25) is 5.91 Å². The van der Waals surface area contributed by atoms with Gasteiger partial charge in [-0.1, -0.05) is 0 Å². The average Bonchev–Trinajstić information content (AvgIpc) is 3.35. The Kier molecular flexibility index (Phi) is 5.40. The molecule has 1 aromatic heterocycles. The van der Waals surface area contributed by atoms with Crippen molar-refractivity contribution >= 4 is 5.91 Å². The monoisotopic (exact) mass is 302 g/mol. The minimum absolute atomic E-state index is 0.147. The van der Waals surface area contributed by atoms with Crippen LogP contribution in [0.5, 0.6) is 0 Å². The van der Waals surface area contributed by atoms with Crippen molar-refractivity contribution in [2.24, 2.45) is 5.92 Å². The van der Waals surface area contributed by atoms with Crippen LogP contribution in [-0.2, 0) is 11.3 Å². The Morgan fingerprint density at radius 1 is 1.18 bits per heavy atom. The third-order valence-electron chi connectivity index (χ3n) is 4.52. The number of carbonyl (C=O) groups excluding carboxylic acids is 1. The summed E-state index contributed by atoms with van der Waals surface area (Å²) in [7, 11) is 0. The fraction of sp³-hybridized carbons (Fsp3) is 0.647. The number of piperidine rings is 1. The molecule has 2 N–H and O–H groups in total. The van der Waals surface area contributed by atoms with Crippen LogP contribution in [0.25, 0.3) is 0 Å². The van der Waals surface area contributed by atoms with E-state index in [0.29, 0.717) is 12.6 Å². The lowest BCUT2D eigenvalue weighted by Gasteiger charge is -2.32. The largest absolute Gasteiger partial charge is 0.352 e. The minimum atomic E-state index is 0.147. The Bertz CT molecular complexity index is 467. The van der Waals surface area contributed by atoms with Crippen LogP contribution in [0, 0.1) is 5.92 Å². The summed E-state index contributed by atoms with van der Waals surface area (Å²) in [6.45, 7) is 4.53. The molecule has 2 heterocycles. The van der Waals surface area contributed by atoms with Crippen molar-refractivity contribution in [1.82, 2.24) is 20.5 Å². The van der Waals surface area contributed by atoms with Crippen molar-refractivity contribution in [3.63, 3.8) is 0 Å². The van der Waals surface area contributed by atoms with Gasteiger partial charge >= 0.3 is 0 Å². The molecule has 1 aliphatic heterocycles. The molecule has 22 heavy (non-hydrogen) atoms. The average molecular weight is 302 g/mol. The number of aromatic nitrogens is 1. The van der Waals surface area contributed by atoms with Crippen LogP contribution in [0.4, 0.5) is 0 Å². The van der Waals surface area contributed by atoms with E-state index in [2.05, 4.69) is 32.7 Å². The van der Waals surface area contributed by atoms with Gasteiger partial charge in [-0.2, -0.15) is 0 Å². The van der Waals surface area contributed by atoms with Crippen LogP contribution in [0.3, 0.4) is 0 Å². The Morgan fingerprint density at radius 2 is 1.91 bits per heavy atom. The summed E-state index contributed by atoms with van der Waals surface area (Å²) in [6.07, 6.45) is 8.42. The predicted molar refractivity (Wildman–Crippen MR) is 86.3 cm³/mol. The molecule has 0 bridgehead atoms. The number of carbonyl (C=O) groups is 1. The van der Waals surface area contributed by atoms with Crippen LogP contribution in [-0.4, -0.2) is 48.0 Å². The van der Waals surface area contributed by atoms with E-state index in [4.69, 9.17) is 0 Å². The zero-order chi connectivity index (χ0) is 15.2. The van der Waals surface area contributed by atoms with E-state index in [1.807, 2.05) is 12.4 Å². The van der Waals surface area contributed by atoms with Gasteiger partial charge in [-0.05, 0) is 55.8 Å². The van der Waals surface area contributed by atoms with Gasteiger partial charge in [0.05, 0.1) is 6.54 Å². The highest BCUT2D eigenvalue weighted by Crippen LogP contribution is 2.27. The summed E-state index contributed by atoms with van der Waals surface area (Å²) in [5.41, 5.74) is 1.31. The molecule has 120 valence electrons. The second-order valence-electron chi connectivity index (χ2n) is 6.55. The molecule has 1 saturated heterocycles. The minimum Gasteiger partial charge on any atom is -0.352 e. The van der Waals surface area contributed by atoms with Crippen molar-refractivity contribution in [2.75, 3.05) is 26.2 Å². The van der Waals surface area contributed by atoms with Crippen molar-refractivity contribution < 1.29 is 4.79 Å². The summed E-state index contributed by atoms with van der Waals surface area (Å²) < 4.78 is 0. The van der Waals surface area contributed by atoms with Crippen molar-refractivity contribution in [2.45, 2.75) is 38.3 Å². The molecule has 1 aromatic rings. The highest BCUT2D eigenvalue weighted by molar-refractivity contribution is 5.78.